The molecule has 1 fully saturated rings. The van der Waals surface area contributed by atoms with E-state index in [2.05, 4.69) is 4.90 Å². The van der Waals surface area contributed by atoms with Crippen molar-refractivity contribution in [3.63, 3.8) is 0 Å². The largest absolute Gasteiger partial charge is 0.326 e. The van der Waals surface area contributed by atoms with Crippen LogP contribution in [-0.2, 0) is 0 Å². The quantitative estimate of drug-likeness (QED) is 0.777. The molecule has 1 atom stereocenters. The lowest BCUT2D eigenvalue weighted by molar-refractivity contribution is 0.0945. The summed E-state index contributed by atoms with van der Waals surface area (Å²) < 4.78 is 0. The Bertz CT molecular complexity index is 447. The highest BCUT2D eigenvalue weighted by atomic mass is 16.1. The summed E-state index contributed by atoms with van der Waals surface area (Å²) in [6, 6.07) is 8.98. The molecule has 0 aliphatic carbocycles. The Morgan fingerprint density at radius 3 is 2.71 bits per heavy atom. The third-order valence-electron chi connectivity index (χ3n) is 3.01. The molecular formula is C13H15N3O. The van der Waals surface area contributed by atoms with Gasteiger partial charge in [-0.3, -0.25) is 9.69 Å². The van der Waals surface area contributed by atoms with Gasteiger partial charge < -0.3 is 5.73 Å². The molecule has 17 heavy (non-hydrogen) atoms. The number of carbonyl (C=O) groups is 1. The lowest BCUT2D eigenvalue weighted by atomic mass is 10.1. The van der Waals surface area contributed by atoms with Crippen molar-refractivity contribution < 1.29 is 4.79 Å². The zero-order valence-corrected chi connectivity index (χ0v) is 9.60. The first kappa shape index (κ1) is 11.8. The van der Waals surface area contributed by atoms with Gasteiger partial charge in [0.05, 0.1) is 18.2 Å². The molecule has 1 saturated heterocycles. The van der Waals surface area contributed by atoms with E-state index in [9.17, 15) is 4.79 Å². The molecule has 0 spiro atoms. The van der Waals surface area contributed by atoms with Crippen LogP contribution in [0.2, 0.25) is 0 Å². The normalized spacial score (nSPS) is 20.1. The number of hydrogen-bond donors (Lipinski definition) is 1. The molecule has 88 valence electrons. The second kappa shape index (κ2) is 5.09. The van der Waals surface area contributed by atoms with Gasteiger partial charge in [-0.15, -0.1) is 0 Å². The average Bonchev–Trinajstić information content (AvgIpc) is 2.75. The van der Waals surface area contributed by atoms with E-state index >= 15 is 0 Å². The minimum Gasteiger partial charge on any atom is -0.326 e. The summed E-state index contributed by atoms with van der Waals surface area (Å²) in [5.74, 6) is 0.0867. The predicted molar refractivity (Wildman–Crippen MR) is 64.5 cm³/mol. The number of nitrogens with zero attached hydrogens (tertiary/aromatic N) is 2. The third-order valence-corrected chi connectivity index (χ3v) is 3.01. The van der Waals surface area contributed by atoms with Gasteiger partial charge in [0.15, 0.2) is 5.78 Å². The Morgan fingerprint density at radius 2 is 2.18 bits per heavy atom. The minimum atomic E-state index is 0.0867. The number of Topliss-reactive ketones (excluding diaryl/α,β-unsaturated/α-hetero) is 1. The Kier molecular flexibility index (Phi) is 3.52. The minimum absolute atomic E-state index is 0.0867. The first-order valence-corrected chi connectivity index (χ1v) is 5.70. The van der Waals surface area contributed by atoms with Crippen molar-refractivity contribution in [3.05, 3.63) is 35.4 Å². The zero-order chi connectivity index (χ0) is 12.3. The number of benzene rings is 1. The second-order valence-electron chi connectivity index (χ2n) is 4.40. The molecule has 2 rings (SSSR count). The first-order chi connectivity index (χ1) is 8.19. The number of ketones is 1. The SMILES string of the molecule is N#Cc1ccc(C(=O)CN2CCC(N)C2)cc1. The van der Waals surface area contributed by atoms with Gasteiger partial charge in [-0.2, -0.15) is 5.26 Å². The highest BCUT2D eigenvalue weighted by Gasteiger charge is 2.21. The van der Waals surface area contributed by atoms with Crippen LogP contribution in [0.3, 0.4) is 0 Å². The van der Waals surface area contributed by atoms with Crippen molar-refractivity contribution in [1.29, 1.82) is 5.26 Å². The lowest BCUT2D eigenvalue weighted by Crippen LogP contribution is -2.31. The highest BCUT2D eigenvalue weighted by Crippen LogP contribution is 2.10. The van der Waals surface area contributed by atoms with Crippen molar-refractivity contribution in [1.82, 2.24) is 4.90 Å². The molecule has 4 nitrogen and oxygen atoms in total. The van der Waals surface area contributed by atoms with Crippen molar-refractivity contribution in [2.75, 3.05) is 19.6 Å². The fraction of sp³-hybridized carbons (Fsp3) is 0.385. The van der Waals surface area contributed by atoms with Gasteiger partial charge in [-0.25, -0.2) is 0 Å². The van der Waals surface area contributed by atoms with Crippen LogP contribution in [0.1, 0.15) is 22.3 Å². The van der Waals surface area contributed by atoms with Gasteiger partial charge >= 0.3 is 0 Å². The Morgan fingerprint density at radius 1 is 1.47 bits per heavy atom. The van der Waals surface area contributed by atoms with Crippen LogP contribution < -0.4 is 5.73 Å². The molecule has 1 aromatic carbocycles. The monoisotopic (exact) mass is 229 g/mol. The maximum absolute atomic E-state index is 11.9. The molecule has 0 aromatic heterocycles. The van der Waals surface area contributed by atoms with Crippen LogP contribution in [0.4, 0.5) is 0 Å². The van der Waals surface area contributed by atoms with E-state index in [4.69, 9.17) is 11.0 Å². The van der Waals surface area contributed by atoms with E-state index in [0.29, 0.717) is 17.7 Å². The molecule has 1 unspecified atom stereocenters. The second-order valence-corrected chi connectivity index (χ2v) is 4.40. The van der Waals surface area contributed by atoms with E-state index in [1.165, 1.54) is 0 Å². The van der Waals surface area contributed by atoms with Crippen molar-refractivity contribution in [2.45, 2.75) is 12.5 Å². The van der Waals surface area contributed by atoms with Crippen LogP contribution >= 0.6 is 0 Å². The molecule has 1 aromatic rings. The predicted octanol–water partition coefficient (Wildman–Crippen LogP) is 0.774. The molecule has 2 N–H and O–H groups in total. The van der Waals surface area contributed by atoms with Crippen LogP contribution in [0.25, 0.3) is 0 Å². The highest BCUT2D eigenvalue weighted by molar-refractivity contribution is 5.97. The van der Waals surface area contributed by atoms with Gasteiger partial charge in [-0.05, 0) is 18.6 Å². The zero-order valence-electron chi connectivity index (χ0n) is 9.60. The summed E-state index contributed by atoms with van der Waals surface area (Å²) in [4.78, 5) is 14.0. The van der Waals surface area contributed by atoms with Crippen LogP contribution in [0.5, 0.6) is 0 Å². The molecule has 0 bridgehead atoms. The molecule has 0 radical (unpaired) electrons. The van der Waals surface area contributed by atoms with E-state index in [-0.39, 0.29) is 11.8 Å². The van der Waals surface area contributed by atoms with Crippen LogP contribution in [0.15, 0.2) is 24.3 Å². The van der Waals surface area contributed by atoms with Crippen molar-refractivity contribution >= 4 is 5.78 Å². The lowest BCUT2D eigenvalue weighted by Gasteiger charge is -2.13. The summed E-state index contributed by atoms with van der Waals surface area (Å²) >= 11 is 0. The summed E-state index contributed by atoms with van der Waals surface area (Å²) in [6.45, 7) is 2.10. The first-order valence-electron chi connectivity index (χ1n) is 5.70. The van der Waals surface area contributed by atoms with E-state index < -0.39 is 0 Å². The molecule has 1 aliphatic heterocycles. The smallest absolute Gasteiger partial charge is 0.176 e. The van der Waals surface area contributed by atoms with Gasteiger partial charge in [0.25, 0.3) is 0 Å². The maximum atomic E-state index is 11.9. The Labute approximate surface area is 101 Å². The number of nitriles is 1. The van der Waals surface area contributed by atoms with E-state index in [0.717, 1.165) is 19.5 Å². The fourth-order valence-electron chi connectivity index (χ4n) is 2.03. The topological polar surface area (TPSA) is 70.1 Å². The summed E-state index contributed by atoms with van der Waals surface area (Å²) in [6.07, 6.45) is 0.959. The number of rotatable bonds is 3. The molecule has 0 saturated carbocycles. The maximum Gasteiger partial charge on any atom is 0.176 e. The molecular weight excluding hydrogens is 214 g/mol. The number of hydrogen-bond acceptors (Lipinski definition) is 4. The number of likely N-dealkylation sites (tertiary alicyclic amines) is 1. The average molecular weight is 229 g/mol. The van der Waals surface area contributed by atoms with Gasteiger partial charge in [0, 0.05) is 24.7 Å². The summed E-state index contributed by atoms with van der Waals surface area (Å²) in [5, 5.41) is 8.67. The van der Waals surface area contributed by atoms with Crippen molar-refractivity contribution in [2.24, 2.45) is 5.73 Å². The van der Waals surface area contributed by atoms with Crippen LogP contribution in [0, 0.1) is 11.3 Å². The van der Waals surface area contributed by atoms with Gasteiger partial charge in [-0.1, -0.05) is 12.1 Å². The summed E-state index contributed by atoms with van der Waals surface area (Å²) in [7, 11) is 0. The summed E-state index contributed by atoms with van der Waals surface area (Å²) in [5.41, 5.74) is 7.02. The third kappa shape index (κ3) is 2.90. The van der Waals surface area contributed by atoms with Crippen LogP contribution in [-0.4, -0.2) is 36.4 Å². The van der Waals surface area contributed by atoms with Gasteiger partial charge in [0.2, 0.25) is 0 Å². The molecule has 4 heteroatoms. The fourth-order valence-corrected chi connectivity index (χ4v) is 2.03. The standard InChI is InChI=1S/C13H15N3O/c14-7-10-1-3-11(4-2-10)13(17)9-16-6-5-12(15)8-16/h1-4,12H,5-6,8-9,15H2. The number of carbonyl (C=O) groups excluding carboxylic acids is 1. The Balaban J connectivity index is 1.97. The van der Waals surface area contributed by atoms with Crippen molar-refractivity contribution in [3.8, 4) is 6.07 Å². The van der Waals surface area contributed by atoms with Gasteiger partial charge in [0.1, 0.15) is 0 Å². The molecule has 1 heterocycles. The molecule has 0 amide bonds. The van der Waals surface area contributed by atoms with E-state index in [1.54, 1.807) is 24.3 Å². The molecule has 1 aliphatic rings. The number of nitrogens with two attached hydrogens (primary N) is 1. The van der Waals surface area contributed by atoms with E-state index in [1.807, 2.05) is 6.07 Å². The Hall–Kier alpha value is -1.70.